The van der Waals surface area contributed by atoms with E-state index in [-0.39, 0.29) is 6.04 Å². The SMILES string of the molecule is CCNC(C)COc1cc(OC)c(OC)c(OC)c1. The Hall–Kier alpha value is -1.62. The Morgan fingerprint density at radius 2 is 1.63 bits per heavy atom. The zero-order valence-corrected chi connectivity index (χ0v) is 12.3. The lowest BCUT2D eigenvalue weighted by atomic mass is 10.2. The third-order valence-electron chi connectivity index (χ3n) is 2.69. The minimum Gasteiger partial charge on any atom is -0.493 e. The second-order valence-electron chi connectivity index (χ2n) is 4.13. The average molecular weight is 269 g/mol. The lowest BCUT2D eigenvalue weighted by Gasteiger charge is -2.17. The first kappa shape index (κ1) is 15.4. The smallest absolute Gasteiger partial charge is 0.203 e. The summed E-state index contributed by atoms with van der Waals surface area (Å²) >= 11 is 0. The van der Waals surface area contributed by atoms with Crippen molar-refractivity contribution in [1.82, 2.24) is 5.32 Å². The van der Waals surface area contributed by atoms with E-state index in [4.69, 9.17) is 18.9 Å². The molecule has 0 amide bonds. The van der Waals surface area contributed by atoms with Crippen molar-refractivity contribution in [1.29, 1.82) is 0 Å². The predicted octanol–water partition coefficient (Wildman–Crippen LogP) is 2.09. The minimum absolute atomic E-state index is 0.282. The maximum atomic E-state index is 5.73. The Balaban J connectivity index is 2.84. The molecule has 0 fully saturated rings. The molecule has 1 aromatic rings. The highest BCUT2D eigenvalue weighted by Gasteiger charge is 2.14. The van der Waals surface area contributed by atoms with Gasteiger partial charge in [0.2, 0.25) is 5.75 Å². The molecule has 1 aromatic carbocycles. The van der Waals surface area contributed by atoms with Gasteiger partial charge in [-0.05, 0) is 13.5 Å². The van der Waals surface area contributed by atoms with Crippen LogP contribution >= 0.6 is 0 Å². The zero-order chi connectivity index (χ0) is 14.3. The molecule has 0 saturated heterocycles. The molecular weight excluding hydrogens is 246 g/mol. The van der Waals surface area contributed by atoms with Gasteiger partial charge in [-0.25, -0.2) is 0 Å². The van der Waals surface area contributed by atoms with Crippen molar-refractivity contribution in [2.75, 3.05) is 34.5 Å². The summed E-state index contributed by atoms with van der Waals surface area (Å²) in [5.74, 6) is 2.44. The van der Waals surface area contributed by atoms with E-state index in [2.05, 4.69) is 19.2 Å². The predicted molar refractivity (Wildman–Crippen MR) is 74.7 cm³/mol. The van der Waals surface area contributed by atoms with E-state index in [9.17, 15) is 0 Å². The van der Waals surface area contributed by atoms with Crippen LogP contribution in [0.1, 0.15) is 13.8 Å². The molecular formula is C14H23NO4. The molecule has 0 aliphatic carbocycles. The topological polar surface area (TPSA) is 49.0 Å². The van der Waals surface area contributed by atoms with E-state index in [1.165, 1.54) is 0 Å². The number of hydrogen-bond donors (Lipinski definition) is 1. The minimum atomic E-state index is 0.282. The molecule has 0 saturated carbocycles. The van der Waals surface area contributed by atoms with Crippen molar-refractivity contribution in [2.24, 2.45) is 0 Å². The van der Waals surface area contributed by atoms with Gasteiger partial charge < -0.3 is 24.3 Å². The molecule has 0 aliphatic rings. The van der Waals surface area contributed by atoms with Crippen LogP contribution in [0.5, 0.6) is 23.0 Å². The fourth-order valence-electron chi connectivity index (χ4n) is 1.77. The molecule has 5 nitrogen and oxygen atoms in total. The summed E-state index contributed by atoms with van der Waals surface area (Å²) in [4.78, 5) is 0. The summed E-state index contributed by atoms with van der Waals surface area (Å²) in [6.45, 7) is 5.63. The van der Waals surface area contributed by atoms with Crippen LogP contribution in [0.2, 0.25) is 0 Å². The van der Waals surface area contributed by atoms with Gasteiger partial charge in [-0.3, -0.25) is 0 Å². The van der Waals surface area contributed by atoms with Crippen molar-refractivity contribution < 1.29 is 18.9 Å². The number of methoxy groups -OCH3 is 3. The van der Waals surface area contributed by atoms with E-state index in [1.54, 1.807) is 33.5 Å². The van der Waals surface area contributed by atoms with Gasteiger partial charge in [0, 0.05) is 18.2 Å². The summed E-state index contributed by atoms with van der Waals surface area (Å²) in [6.07, 6.45) is 0. The fourth-order valence-corrected chi connectivity index (χ4v) is 1.77. The van der Waals surface area contributed by atoms with E-state index < -0.39 is 0 Å². The number of benzene rings is 1. The number of ether oxygens (including phenoxy) is 4. The molecule has 1 N–H and O–H groups in total. The first-order valence-corrected chi connectivity index (χ1v) is 6.32. The quantitative estimate of drug-likeness (QED) is 0.783. The summed E-state index contributed by atoms with van der Waals surface area (Å²) < 4.78 is 21.5. The summed E-state index contributed by atoms with van der Waals surface area (Å²) in [7, 11) is 4.75. The fraction of sp³-hybridized carbons (Fsp3) is 0.571. The van der Waals surface area contributed by atoms with Crippen molar-refractivity contribution in [3.05, 3.63) is 12.1 Å². The highest BCUT2D eigenvalue weighted by atomic mass is 16.5. The third-order valence-corrected chi connectivity index (χ3v) is 2.69. The maximum absolute atomic E-state index is 5.73. The molecule has 1 atom stereocenters. The van der Waals surface area contributed by atoms with E-state index >= 15 is 0 Å². The first-order valence-electron chi connectivity index (χ1n) is 6.32. The van der Waals surface area contributed by atoms with Crippen molar-refractivity contribution in [3.8, 4) is 23.0 Å². The van der Waals surface area contributed by atoms with Gasteiger partial charge in [-0.2, -0.15) is 0 Å². The average Bonchev–Trinajstić information content (AvgIpc) is 2.44. The van der Waals surface area contributed by atoms with Crippen LogP contribution in [-0.4, -0.2) is 40.5 Å². The van der Waals surface area contributed by atoms with Gasteiger partial charge in [-0.15, -0.1) is 0 Å². The Kier molecular flexibility index (Phi) is 6.29. The second kappa shape index (κ2) is 7.74. The largest absolute Gasteiger partial charge is 0.493 e. The molecule has 19 heavy (non-hydrogen) atoms. The number of nitrogens with one attached hydrogen (secondary N) is 1. The standard InChI is InChI=1S/C14H23NO4/c1-6-15-10(2)9-19-11-7-12(16-3)14(18-5)13(8-11)17-4/h7-8,10,15H,6,9H2,1-5H3. The van der Waals surface area contributed by atoms with Crippen LogP contribution in [0.4, 0.5) is 0 Å². The van der Waals surface area contributed by atoms with Gasteiger partial charge in [0.1, 0.15) is 12.4 Å². The van der Waals surface area contributed by atoms with Gasteiger partial charge in [0.05, 0.1) is 21.3 Å². The van der Waals surface area contributed by atoms with E-state index in [0.717, 1.165) is 6.54 Å². The molecule has 5 heteroatoms. The van der Waals surface area contributed by atoms with Crippen LogP contribution in [0.25, 0.3) is 0 Å². The van der Waals surface area contributed by atoms with E-state index in [1.807, 2.05) is 0 Å². The monoisotopic (exact) mass is 269 g/mol. The Morgan fingerprint density at radius 1 is 1.05 bits per heavy atom. The molecule has 0 aromatic heterocycles. The van der Waals surface area contributed by atoms with Gasteiger partial charge in [-0.1, -0.05) is 6.92 Å². The Labute approximate surface area is 114 Å². The molecule has 0 bridgehead atoms. The zero-order valence-electron chi connectivity index (χ0n) is 12.3. The second-order valence-corrected chi connectivity index (χ2v) is 4.13. The normalized spacial score (nSPS) is 11.8. The first-order chi connectivity index (χ1) is 9.15. The summed E-state index contributed by atoms with van der Waals surface area (Å²) in [6, 6.07) is 3.86. The van der Waals surface area contributed by atoms with Crippen molar-refractivity contribution in [3.63, 3.8) is 0 Å². The van der Waals surface area contributed by atoms with Gasteiger partial charge in [0.15, 0.2) is 11.5 Å². The Bertz CT molecular complexity index is 370. The van der Waals surface area contributed by atoms with Gasteiger partial charge >= 0.3 is 0 Å². The summed E-state index contributed by atoms with van der Waals surface area (Å²) in [5, 5.41) is 3.28. The Morgan fingerprint density at radius 3 is 2.05 bits per heavy atom. The molecule has 1 rings (SSSR count). The molecule has 1 unspecified atom stereocenters. The van der Waals surface area contributed by atoms with E-state index in [0.29, 0.717) is 29.6 Å². The molecule has 0 radical (unpaired) electrons. The molecule has 0 aliphatic heterocycles. The maximum Gasteiger partial charge on any atom is 0.203 e. The lowest BCUT2D eigenvalue weighted by Crippen LogP contribution is -2.31. The highest BCUT2D eigenvalue weighted by molar-refractivity contribution is 5.55. The molecule has 0 spiro atoms. The van der Waals surface area contributed by atoms with Crippen LogP contribution < -0.4 is 24.3 Å². The van der Waals surface area contributed by atoms with Crippen molar-refractivity contribution >= 4 is 0 Å². The van der Waals surface area contributed by atoms with Crippen LogP contribution in [0, 0.1) is 0 Å². The van der Waals surface area contributed by atoms with Crippen LogP contribution in [0.3, 0.4) is 0 Å². The van der Waals surface area contributed by atoms with Crippen LogP contribution in [0.15, 0.2) is 12.1 Å². The number of hydrogen-bond acceptors (Lipinski definition) is 5. The number of rotatable bonds is 8. The summed E-state index contributed by atoms with van der Waals surface area (Å²) in [5.41, 5.74) is 0. The molecule has 108 valence electrons. The lowest BCUT2D eigenvalue weighted by molar-refractivity contribution is 0.268. The third kappa shape index (κ3) is 4.21. The molecule has 0 heterocycles. The highest BCUT2D eigenvalue weighted by Crippen LogP contribution is 2.40. The number of likely N-dealkylation sites (N-methyl/N-ethyl adjacent to an activating group) is 1. The van der Waals surface area contributed by atoms with Crippen LogP contribution in [-0.2, 0) is 0 Å². The van der Waals surface area contributed by atoms with Gasteiger partial charge in [0.25, 0.3) is 0 Å². The van der Waals surface area contributed by atoms with Crippen molar-refractivity contribution in [2.45, 2.75) is 19.9 Å².